The van der Waals surface area contributed by atoms with Gasteiger partial charge in [-0.1, -0.05) is 43.2 Å². The van der Waals surface area contributed by atoms with Crippen LogP contribution in [-0.2, 0) is 20.1 Å². The number of hydrogen-bond acceptors (Lipinski definition) is 4. The van der Waals surface area contributed by atoms with Crippen LogP contribution in [0.5, 0.6) is 0 Å². The summed E-state index contributed by atoms with van der Waals surface area (Å²) in [5.74, 6) is 2.69. The SMILES string of the molecule is Cc1nnc(CNC(=NCc2ccccc2)NC2CCN(C3CCCC3)CC2)n1C.I. The number of rotatable bonds is 6. The first kappa shape index (κ1) is 24.0. The van der Waals surface area contributed by atoms with Crippen LogP contribution in [0.2, 0.25) is 0 Å². The number of guanidine groups is 1. The van der Waals surface area contributed by atoms with E-state index in [-0.39, 0.29) is 24.0 Å². The molecule has 2 aliphatic rings. The Morgan fingerprint density at radius 2 is 1.77 bits per heavy atom. The van der Waals surface area contributed by atoms with Gasteiger partial charge in [0.05, 0.1) is 13.1 Å². The molecule has 1 aliphatic heterocycles. The van der Waals surface area contributed by atoms with Crippen LogP contribution >= 0.6 is 24.0 Å². The second-order valence-corrected chi connectivity index (χ2v) is 8.62. The molecule has 2 N–H and O–H groups in total. The zero-order valence-electron chi connectivity index (χ0n) is 18.8. The summed E-state index contributed by atoms with van der Waals surface area (Å²) in [4.78, 5) is 7.57. The van der Waals surface area contributed by atoms with Crippen molar-refractivity contribution in [2.45, 2.75) is 70.6 Å². The Kier molecular flexibility index (Phi) is 9.13. The molecule has 0 atom stereocenters. The third-order valence-corrected chi connectivity index (χ3v) is 6.57. The first-order valence-corrected chi connectivity index (χ1v) is 11.4. The molecule has 0 radical (unpaired) electrons. The van der Waals surface area contributed by atoms with Crippen LogP contribution in [0.3, 0.4) is 0 Å². The molecule has 170 valence electrons. The molecular formula is C23H36IN7. The fourth-order valence-electron chi connectivity index (χ4n) is 4.55. The lowest BCUT2D eigenvalue weighted by Crippen LogP contribution is -2.50. The Hall–Kier alpha value is -1.68. The average Bonchev–Trinajstić information content (AvgIpc) is 3.43. The molecule has 0 unspecified atom stereocenters. The second-order valence-electron chi connectivity index (χ2n) is 8.62. The number of aryl methyl sites for hydroxylation is 1. The van der Waals surface area contributed by atoms with Gasteiger partial charge in [-0.05, 0) is 38.2 Å². The van der Waals surface area contributed by atoms with E-state index in [1.54, 1.807) is 0 Å². The van der Waals surface area contributed by atoms with E-state index in [2.05, 4.69) is 50.0 Å². The number of benzene rings is 1. The highest BCUT2D eigenvalue weighted by molar-refractivity contribution is 14.0. The third-order valence-electron chi connectivity index (χ3n) is 6.57. The van der Waals surface area contributed by atoms with Crippen LogP contribution < -0.4 is 10.6 Å². The lowest BCUT2D eigenvalue weighted by Gasteiger charge is -2.36. The molecule has 2 heterocycles. The van der Waals surface area contributed by atoms with Crippen molar-refractivity contribution in [2.24, 2.45) is 12.0 Å². The number of hydrogen-bond donors (Lipinski definition) is 2. The number of nitrogens with zero attached hydrogens (tertiary/aromatic N) is 5. The number of halogens is 1. The highest BCUT2D eigenvalue weighted by atomic mass is 127. The summed E-state index contributed by atoms with van der Waals surface area (Å²) in [5.41, 5.74) is 1.21. The van der Waals surface area contributed by atoms with Gasteiger partial charge in [0.15, 0.2) is 11.8 Å². The van der Waals surface area contributed by atoms with E-state index in [0.717, 1.165) is 23.7 Å². The van der Waals surface area contributed by atoms with Crippen molar-refractivity contribution in [3.8, 4) is 0 Å². The lowest BCUT2D eigenvalue weighted by molar-refractivity contribution is 0.150. The summed E-state index contributed by atoms with van der Waals surface area (Å²) in [6.45, 7) is 5.62. The topological polar surface area (TPSA) is 70.4 Å². The molecule has 0 amide bonds. The van der Waals surface area contributed by atoms with Gasteiger partial charge in [0, 0.05) is 32.2 Å². The molecule has 7 nitrogen and oxygen atoms in total. The van der Waals surface area contributed by atoms with Crippen LogP contribution in [0.4, 0.5) is 0 Å². The van der Waals surface area contributed by atoms with Gasteiger partial charge < -0.3 is 20.1 Å². The number of aromatic nitrogens is 3. The van der Waals surface area contributed by atoms with Gasteiger partial charge in [-0.25, -0.2) is 4.99 Å². The minimum Gasteiger partial charge on any atom is -0.354 e. The maximum atomic E-state index is 4.86. The number of piperidine rings is 1. The maximum absolute atomic E-state index is 4.86. The molecule has 4 rings (SSSR count). The van der Waals surface area contributed by atoms with Crippen molar-refractivity contribution >= 4 is 29.9 Å². The van der Waals surface area contributed by atoms with E-state index < -0.39 is 0 Å². The molecular weight excluding hydrogens is 501 g/mol. The van der Waals surface area contributed by atoms with Crippen LogP contribution in [-0.4, -0.2) is 50.8 Å². The standard InChI is InChI=1S/C23H35N7.HI/c1-18-27-28-22(29(18)2)17-25-23(24-16-19-8-4-3-5-9-19)26-20-12-14-30(15-13-20)21-10-6-7-11-21;/h3-5,8-9,20-21H,6-7,10-17H2,1-2H3,(H2,24,25,26);1H. The van der Waals surface area contributed by atoms with Crippen molar-refractivity contribution < 1.29 is 0 Å². The van der Waals surface area contributed by atoms with Crippen LogP contribution in [0.15, 0.2) is 35.3 Å². The molecule has 1 saturated carbocycles. The van der Waals surface area contributed by atoms with E-state index in [4.69, 9.17) is 4.99 Å². The molecule has 8 heteroatoms. The Morgan fingerprint density at radius 1 is 1.06 bits per heavy atom. The monoisotopic (exact) mass is 537 g/mol. The van der Waals surface area contributed by atoms with Crippen LogP contribution in [0.25, 0.3) is 0 Å². The minimum atomic E-state index is 0. The van der Waals surface area contributed by atoms with E-state index >= 15 is 0 Å². The Morgan fingerprint density at radius 3 is 2.42 bits per heavy atom. The molecule has 1 aromatic carbocycles. The summed E-state index contributed by atoms with van der Waals surface area (Å²) in [6.07, 6.45) is 7.94. The van der Waals surface area contributed by atoms with E-state index in [0.29, 0.717) is 19.1 Å². The van der Waals surface area contributed by atoms with E-state index in [9.17, 15) is 0 Å². The predicted octanol–water partition coefficient (Wildman–Crippen LogP) is 3.38. The summed E-state index contributed by atoms with van der Waals surface area (Å²) >= 11 is 0. The van der Waals surface area contributed by atoms with Gasteiger partial charge in [0.25, 0.3) is 0 Å². The van der Waals surface area contributed by atoms with E-state index in [1.165, 1.54) is 57.2 Å². The molecule has 0 bridgehead atoms. The fraction of sp³-hybridized carbons (Fsp3) is 0.609. The number of nitrogens with one attached hydrogen (secondary N) is 2. The molecule has 1 aromatic heterocycles. The first-order valence-electron chi connectivity index (χ1n) is 11.4. The second kappa shape index (κ2) is 11.8. The zero-order valence-corrected chi connectivity index (χ0v) is 21.1. The van der Waals surface area contributed by atoms with Gasteiger partial charge in [-0.2, -0.15) is 0 Å². The quantitative estimate of drug-likeness (QED) is 0.336. The zero-order chi connectivity index (χ0) is 20.8. The van der Waals surface area contributed by atoms with Crippen molar-refractivity contribution in [3.63, 3.8) is 0 Å². The molecule has 0 spiro atoms. The van der Waals surface area contributed by atoms with Gasteiger partial charge in [-0.15, -0.1) is 34.2 Å². The predicted molar refractivity (Wildman–Crippen MR) is 136 cm³/mol. The van der Waals surface area contributed by atoms with Gasteiger partial charge >= 0.3 is 0 Å². The van der Waals surface area contributed by atoms with Crippen LogP contribution in [0, 0.1) is 6.92 Å². The minimum absolute atomic E-state index is 0. The first-order chi connectivity index (χ1) is 14.7. The summed E-state index contributed by atoms with van der Waals surface area (Å²) < 4.78 is 2.02. The number of aliphatic imine (C=N–C) groups is 1. The summed E-state index contributed by atoms with van der Waals surface area (Å²) in [6, 6.07) is 11.7. The van der Waals surface area contributed by atoms with E-state index in [1.807, 2.05) is 24.6 Å². The van der Waals surface area contributed by atoms with Crippen molar-refractivity contribution in [2.75, 3.05) is 13.1 Å². The van der Waals surface area contributed by atoms with Gasteiger partial charge in [0.2, 0.25) is 0 Å². The lowest BCUT2D eigenvalue weighted by atomic mass is 10.0. The molecule has 1 saturated heterocycles. The normalized spacial score (nSPS) is 18.7. The molecule has 1 aliphatic carbocycles. The van der Waals surface area contributed by atoms with Crippen LogP contribution in [0.1, 0.15) is 55.7 Å². The average molecular weight is 537 g/mol. The van der Waals surface area contributed by atoms with Gasteiger partial charge in [-0.3, -0.25) is 0 Å². The highest BCUT2D eigenvalue weighted by Gasteiger charge is 2.27. The maximum Gasteiger partial charge on any atom is 0.192 e. The van der Waals surface area contributed by atoms with Crippen molar-refractivity contribution in [1.82, 2.24) is 30.3 Å². The Balaban J connectivity index is 0.00000272. The Bertz CT molecular complexity index is 822. The third kappa shape index (κ3) is 6.65. The highest BCUT2D eigenvalue weighted by Crippen LogP contribution is 2.26. The smallest absolute Gasteiger partial charge is 0.192 e. The Labute approximate surface area is 203 Å². The fourth-order valence-corrected chi connectivity index (χ4v) is 4.55. The molecule has 31 heavy (non-hydrogen) atoms. The van der Waals surface area contributed by atoms with Gasteiger partial charge in [0.1, 0.15) is 5.82 Å². The molecule has 2 aromatic rings. The number of likely N-dealkylation sites (tertiary alicyclic amines) is 1. The molecule has 2 fully saturated rings. The van der Waals surface area contributed by atoms with Crippen molar-refractivity contribution in [3.05, 3.63) is 47.5 Å². The summed E-state index contributed by atoms with van der Waals surface area (Å²) in [5, 5.41) is 15.6. The summed E-state index contributed by atoms with van der Waals surface area (Å²) in [7, 11) is 2.00. The van der Waals surface area contributed by atoms with Crippen molar-refractivity contribution in [1.29, 1.82) is 0 Å². The largest absolute Gasteiger partial charge is 0.354 e.